The summed E-state index contributed by atoms with van der Waals surface area (Å²) in [4.78, 5) is 29.6. The second-order valence-corrected chi connectivity index (χ2v) is 5.67. The first-order valence-corrected chi connectivity index (χ1v) is 7.59. The minimum atomic E-state index is -0.863. The maximum atomic E-state index is 12.6. The molecule has 3 rings (SSSR count). The smallest absolute Gasteiger partial charge is 0.308 e. The maximum Gasteiger partial charge on any atom is 0.308 e. The first kappa shape index (κ1) is 15.2. The van der Waals surface area contributed by atoms with Gasteiger partial charge in [-0.1, -0.05) is 18.2 Å². The Morgan fingerprint density at radius 3 is 2.70 bits per heavy atom. The van der Waals surface area contributed by atoms with Crippen molar-refractivity contribution in [1.29, 1.82) is 0 Å². The molecule has 1 aromatic heterocycles. The lowest BCUT2D eigenvalue weighted by atomic mass is 9.90. The quantitative estimate of drug-likeness (QED) is 0.929. The van der Waals surface area contributed by atoms with E-state index in [-0.39, 0.29) is 17.8 Å². The number of carboxylic acid groups (broad SMARTS) is 1. The average Bonchev–Trinajstić information content (AvgIpc) is 3.05. The van der Waals surface area contributed by atoms with E-state index in [0.717, 1.165) is 5.69 Å². The normalized spacial score (nSPS) is 21.2. The summed E-state index contributed by atoms with van der Waals surface area (Å²) in [6.45, 7) is 2.30. The molecule has 2 atom stereocenters. The predicted octanol–water partition coefficient (Wildman–Crippen LogP) is 1.59. The third-order valence-corrected chi connectivity index (χ3v) is 4.27. The number of amides is 1. The van der Waals surface area contributed by atoms with Crippen molar-refractivity contribution in [2.75, 3.05) is 6.54 Å². The molecule has 1 aromatic carbocycles. The molecule has 1 aliphatic heterocycles. The zero-order valence-electron chi connectivity index (χ0n) is 12.8. The molecule has 120 valence electrons. The lowest BCUT2D eigenvalue weighted by molar-refractivity contribution is -0.145. The number of likely N-dealkylation sites (tertiary alicyclic amines) is 1. The highest BCUT2D eigenvalue weighted by atomic mass is 16.4. The van der Waals surface area contributed by atoms with Gasteiger partial charge in [0.1, 0.15) is 6.33 Å². The number of benzene rings is 1. The van der Waals surface area contributed by atoms with E-state index in [1.54, 1.807) is 11.8 Å². The van der Waals surface area contributed by atoms with Crippen LogP contribution in [0.15, 0.2) is 36.7 Å². The Labute approximate surface area is 133 Å². The van der Waals surface area contributed by atoms with Gasteiger partial charge in [-0.05, 0) is 31.9 Å². The molecule has 2 aromatic rings. The molecule has 2 heterocycles. The number of carbonyl (C=O) groups is 2. The Balaban J connectivity index is 1.81. The number of aromatic nitrogens is 3. The number of carboxylic acids is 1. The molecule has 1 N–H and O–H groups in total. The third-order valence-electron chi connectivity index (χ3n) is 4.27. The van der Waals surface area contributed by atoms with Crippen LogP contribution >= 0.6 is 0 Å². The summed E-state index contributed by atoms with van der Waals surface area (Å²) in [6, 6.07) is 9.02. The van der Waals surface area contributed by atoms with Crippen molar-refractivity contribution in [2.45, 2.75) is 25.8 Å². The Morgan fingerprint density at radius 1 is 1.26 bits per heavy atom. The van der Waals surface area contributed by atoms with E-state index < -0.39 is 11.9 Å². The summed E-state index contributed by atoms with van der Waals surface area (Å²) in [6.07, 6.45) is 2.75. The van der Waals surface area contributed by atoms with E-state index in [1.165, 1.54) is 11.0 Å². The summed E-state index contributed by atoms with van der Waals surface area (Å²) in [7, 11) is 0. The third kappa shape index (κ3) is 2.94. The molecule has 23 heavy (non-hydrogen) atoms. The van der Waals surface area contributed by atoms with Gasteiger partial charge in [-0.15, -0.1) is 5.10 Å². The minimum Gasteiger partial charge on any atom is -0.481 e. The van der Waals surface area contributed by atoms with E-state index in [9.17, 15) is 14.7 Å². The van der Waals surface area contributed by atoms with Gasteiger partial charge in [0.05, 0.1) is 11.6 Å². The van der Waals surface area contributed by atoms with Gasteiger partial charge < -0.3 is 10.0 Å². The van der Waals surface area contributed by atoms with E-state index in [1.807, 2.05) is 30.3 Å². The summed E-state index contributed by atoms with van der Waals surface area (Å²) in [5.41, 5.74) is 0.814. The van der Waals surface area contributed by atoms with Crippen LogP contribution in [-0.4, -0.2) is 49.2 Å². The second-order valence-electron chi connectivity index (χ2n) is 5.67. The van der Waals surface area contributed by atoms with Crippen LogP contribution in [0.1, 0.15) is 30.4 Å². The molecule has 0 unspecified atom stereocenters. The molecule has 1 aliphatic rings. The van der Waals surface area contributed by atoms with Crippen molar-refractivity contribution in [3.63, 3.8) is 0 Å². The molecule has 0 radical (unpaired) electrons. The van der Waals surface area contributed by atoms with Crippen molar-refractivity contribution in [3.05, 3.63) is 42.5 Å². The highest BCUT2D eigenvalue weighted by Gasteiger charge is 2.36. The Morgan fingerprint density at radius 2 is 2.00 bits per heavy atom. The van der Waals surface area contributed by atoms with Gasteiger partial charge in [0.15, 0.2) is 0 Å². The van der Waals surface area contributed by atoms with Crippen LogP contribution in [0.2, 0.25) is 0 Å². The SMILES string of the molecule is C[C@@H]1[C@H](C(=O)O)CCCN1C(=O)c1ncn(-c2ccccc2)n1. The van der Waals surface area contributed by atoms with Crippen LogP contribution in [-0.2, 0) is 4.79 Å². The van der Waals surface area contributed by atoms with Gasteiger partial charge in [-0.25, -0.2) is 9.67 Å². The van der Waals surface area contributed by atoms with E-state index >= 15 is 0 Å². The molecular weight excluding hydrogens is 296 g/mol. The standard InChI is InChI=1S/C16H18N4O3/c1-11-13(16(22)23)8-5-9-19(11)15(21)14-17-10-20(18-14)12-6-3-2-4-7-12/h2-4,6-7,10-11,13H,5,8-9H2,1H3,(H,22,23)/t11-,13-/m1/s1. The Hall–Kier alpha value is -2.70. The molecule has 1 saturated heterocycles. The largest absolute Gasteiger partial charge is 0.481 e. The van der Waals surface area contributed by atoms with E-state index in [0.29, 0.717) is 19.4 Å². The number of para-hydroxylation sites is 1. The van der Waals surface area contributed by atoms with Crippen molar-refractivity contribution in [2.24, 2.45) is 5.92 Å². The van der Waals surface area contributed by atoms with Crippen LogP contribution < -0.4 is 0 Å². The highest BCUT2D eigenvalue weighted by Crippen LogP contribution is 2.24. The summed E-state index contributed by atoms with van der Waals surface area (Å²) >= 11 is 0. The molecule has 7 heteroatoms. The lowest BCUT2D eigenvalue weighted by Crippen LogP contribution is -2.49. The van der Waals surface area contributed by atoms with Crippen LogP contribution in [0.3, 0.4) is 0 Å². The minimum absolute atomic E-state index is 0.0896. The van der Waals surface area contributed by atoms with Crippen LogP contribution in [0.25, 0.3) is 5.69 Å². The van der Waals surface area contributed by atoms with E-state index in [4.69, 9.17) is 0 Å². The van der Waals surface area contributed by atoms with Gasteiger partial charge in [0, 0.05) is 12.6 Å². The van der Waals surface area contributed by atoms with Gasteiger partial charge >= 0.3 is 5.97 Å². The first-order valence-electron chi connectivity index (χ1n) is 7.59. The molecule has 1 amide bonds. The fourth-order valence-corrected chi connectivity index (χ4v) is 2.95. The topological polar surface area (TPSA) is 88.3 Å². The van der Waals surface area contributed by atoms with E-state index in [2.05, 4.69) is 10.1 Å². The molecular formula is C16H18N4O3. The number of rotatable bonds is 3. The summed E-state index contributed by atoms with van der Waals surface area (Å²) in [5.74, 6) is -1.63. The zero-order valence-corrected chi connectivity index (χ0v) is 12.8. The van der Waals surface area contributed by atoms with Crippen molar-refractivity contribution < 1.29 is 14.7 Å². The lowest BCUT2D eigenvalue weighted by Gasteiger charge is -2.36. The van der Waals surface area contributed by atoms with Crippen LogP contribution in [0, 0.1) is 5.92 Å². The second kappa shape index (κ2) is 6.20. The van der Waals surface area contributed by atoms with Gasteiger partial charge in [-0.2, -0.15) is 0 Å². The Bertz CT molecular complexity index is 713. The number of carbonyl (C=O) groups excluding carboxylic acids is 1. The number of nitrogens with zero attached hydrogens (tertiary/aromatic N) is 4. The van der Waals surface area contributed by atoms with Gasteiger partial charge in [0.2, 0.25) is 5.82 Å². The van der Waals surface area contributed by atoms with Crippen molar-refractivity contribution in [1.82, 2.24) is 19.7 Å². The fraction of sp³-hybridized carbons (Fsp3) is 0.375. The maximum absolute atomic E-state index is 12.6. The molecule has 0 bridgehead atoms. The first-order chi connectivity index (χ1) is 11.1. The average molecular weight is 314 g/mol. The molecule has 0 spiro atoms. The Kier molecular flexibility index (Phi) is 4.10. The molecule has 0 aliphatic carbocycles. The number of piperidine rings is 1. The zero-order chi connectivity index (χ0) is 16.4. The number of hydrogen-bond acceptors (Lipinski definition) is 4. The predicted molar refractivity (Wildman–Crippen MR) is 82.2 cm³/mol. The fourth-order valence-electron chi connectivity index (χ4n) is 2.95. The number of aliphatic carboxylic acids is 1. The van der Waals surface area contributed by atoms with Crippen molar-refractivity contribution in [3.8, 4) is 5.69 Å². The van der Waals surface area contributed by atoms with Gasteiger partial charge in [0.25, 0.3) is 5.91 Å². The van der Waals surface area contributed by atoms with Crippen LogP contribution in [0.4, 0.5) is 0 Å². The van der Waals surface area contributed by atoms with Gasteiger partial charge in [-0.3, -0.25) is 9.59 Å². The van der Waals surface area contributed by atoms with Crippen molar-refractivity contribution >= 4 is 11.9 Å². The monoisotopic (exact) mass is 314 g/mol. The molecule has 1 fully saturated rings. The summed E-state index contributed by atoms with van der Waals surface area (Å²) < 4.78 is 1.54. The number of hydrogen-bond donors (Lipinski definition) is 1. The molecule has 7 nitrogen and oxygen atoms in total. The van der Waals surface area contributed by atoms with Crippen LogP contribution in [0.5, 0.6) is 0 Å². The highest BCUT2D eigenvalue weighted by molar-refractivity contribution is 5.91. The molecule has 0 saturated carbocycles. The summed E-state index contributed by atoms with van der Waals surface area (Å²) in [5, 5.41) is 13.5.